The third-order valence-electron chi connectivity index (χ3n) is 3.65. The highest BCUT2D eigenvalue weighted by molar-refractivity contribution is 5.91. The predicted molar refractivity (Wildman–Crippen MR) is 84.7 cm³/mol. The van der Waals surface area contributed by atoms with Crippen molar-refractivity contribution in [2.45, 2.75) is 25.8 Å². The maximum Gasteiger partial charge on any atom is 0.244 e. The molecule has 4 heteroatoms. The van der Waals surface area contributed by atoms with Gasteiger partial charge in [-0.1, -0.05) is 12.1 Å². The lowest BCUT2D eigenvalue weighted by Gasteiger charge is -2.13. The van der Waals surface area contributed by atoms with E-state index in [0.717, 1.165) is 30.8 Å². The number of nitrogens with one attached hydrogen (secondary N) is 1. The second-order valence-electron chi connectivity index (χ2n) is 5.54. The van der Waals surface area contributed by atoms with Crippen molar-refractivity contribution >= 4 is 12.0 Å². The lowest BCUT2D eigenvalue weighted by molar-refractivity contribution is -0.117. The Hall–Kier alpha value is -2.49. The van der Waals surface area contributed by atoms with Gasteiger partial charge in [-0.15, -0.1) is 0 Å². The number of benzene rings is 1. The van der Waals surface area contributed by atoms with Gasteiger partial charge >= 0.3 is 0 Å². The molecule has 3 rings (SSSR count). The molecule has 0 fully saturated rings. The highest BCUT2D eigenvalue weighted by Crippen LogP contribution is 2.26. The van der Waals surface area contributed by atoms with Crippen molar-refractivity contribution < 1.29 is 13.9 Å². The van der Waals surface area contributed by atoms with Crippen LogP contribution in [0.2, 0.25) is 0 Å². The van der Waals surface area contributed by atoms with Crippen LogP contribution in [0.1, 0.15) is 23.6 Å². The van der Waals surface area contributed by atoms with Crippen LogP contribution in [-0.4, -0.2) is 18.6 Å². The highest BCUT2D eigenvalue weighted by Gasteiger charge is 2.13. The molecule has 22 heavy (non-hydrogen) atoms. The molecule has 1 amide bonds. The number of furan rings is 1. The third-order valence-corrected chi connectivity index (χ3v) is 3.65. The van der Waals surface area contributed by atoms with Crippen LogP contribution in [0.25, 0.3) is 6.08 Å². The number of carbonyl (C=O) groups is 1. The van der Waals surface area contributed by atoms with Gasteiger partial charge in [-0.25, -0.2) is 0 Å². The number of fused-ring (bicyclic) bond motifs is 1. The van der Waals surface area contributed by atoms with E-state index in [-0.39, 0.29) is 11.9 Å². The molecule has 0 saturated carbocycles. The molecule has 0 saturated heterocycles. The zero-order valence-corrected chi connectivity index (χ0v) is 12.5. The second-order valence-corrected chi connectivity index (χ2v) is 5.54. The van der Waals surface area contributed by atoms with E-state index < -0.39 is 0 Å². The van der Waals surface area contributed by atoms with E-state index in [2.05, 4.69) is 17.4 Å². The topological polar surface area (TPSA) is 51.5 Å². The molecule has 1 aliphatic heterocycles. The minimum absolute atomic E-state index is 0.0712. The Morgan fingerprint density at radius 2 is 2.32 bits per heavy atom. The van der Waals surface area contributed by atoms with Crippen molar-refractivity contribution in [2.24, 2.45) is 0 Å². The number of rotatable bonds is 5. The van der Waals surface area contributed by atoms with Crippen LogP contribution in [0, 0.1) is 0 Å². The molecule has 0 bridgehead atoms. The normalized spacial score (nSPS) is 14.6. The first-order valence-corrected chi connectivity index (χ1v) is 7.46. The van der Waals surface area contributed by atoms with Gasteiger partial charge in [0, 0.05) is 24.1 Å². The fourth-order valence-electron chi connectivity index (χ4n) is 2.60. The van der Waals surface area contributed by atoms with Crippen LogP contribution in [-0.2, 0) is 17.6 Å². The summed E-state index contributed by atoms with van der Waals surface area (Å²) in [7, 11) is 0. The summed E-state index contributed by atoms with van der Waals surface area (Å²) in [4.78, 5) is 11.9. The molecule has 1 aromatic carbocycles. The largest absolute Gasteiger partial charge is 0.493 e. The van der Waals surface area contributed by atoms with E-state index in [9.17, 15) is 4.79 Å². The molecule has 4 nitrogen and oxygen atoms in total. The Kier molecular flexibility index (Phi) is 4.28. The average molecular weight is 297 g/mol. The zero-order valence-electron chi connectivity index (χ0n) is 12.5. The number of ether oxygens (including phenoxy) is 1. The van der Waals surface area contributed by atoms with Crippen molar-refractivity contribution in [3.63, 3.8) is 0 Å². The van der Waals surface area contributed by atoms with E-state index in [1.54, 1.807) is 24.7 Å². The van der Waals surface area contributed by atoms with Crippen LogP contribution in [0.4, 0.5) is 0 Å². The number of carbonyl (C=O) groups excluding carboxylic acids is 1. The van der Waals surface area contributed by atoms with Crippen LogP contribution in [0.5, 0.6) is 5.75 Å². The van der Waals surface area contributed by atoms with Gasteiger partial charge in [0.15, 0.2) is 0 Å². The van der Waals surface area contributed by atoms with Gasteiger partial charge in [0.1, 0.15) is 5.75 Å². The molecular weight excluding hydrogens is 278 g/mol. The van der Waals surface area contributed by atoms with Gasteiger partial charge in [-0.3, -0.25) is 4.79 Å². The van der Waals surface area contributed by atoms with Gasteiger partial charge in [-0.05, 0) is 42.7 Å². The Labute approximate surface area is 129 Å². The molecule has 2 heterocycles. The van der Waals surface area contributed by atoms with Gasteiger partial charge in [0.05, 0.1) is 19.1 Å². The van der Waals surface area contributed by atoms with E-state index in [1.807, 2.05) is 13.0 Å². The molecular formula is C18H19NO3. The summed E-state index contributed by atoms with van der Waals surface area (Å²) < 4.78 is 10.5. The van der Waals surface area contributed by atoms with Crippen molar-refractivity contribution in [3.05, 3.63) is 59.6 Å². The van der Waals surface area contributed by atoms with Crippen molar-refractivity contribution in [1.29, 1.82) is 0 Å². The van der Waals surface area contributed by atoms with Gasteiger partial charge in [-0.2, -0.15) is 0 Å². The summed E-state index contributed by atoms with van der Waals surface area (Å²) >= 11 is 0. The number of amides is 1. The summed E-state index contributed by atoms with van der Waals surface area (Å²) in [5, 5.41) is 2.97. The Bertz CT molecular complexity index is 674. The standard InChI is InChI=1S/C18H19NO3/c1-13(19-18(20)5-3-14-6-8-21-12-14)10-15-2-4-17-16(11-15)7-9-22-17/h2-6,8,11-13H,7,9-10H2,1H3,(H,19,20)/b5-3+. The molecule has 114 valence electrons. The molecule has 1 aliphatic rings. The van der Waals surface area contributed by atoms with Crippen LogP contribution < -0.4 is 10.1 Å². The van der Waals surface area contributed by atoms with Crippen molar-refractivity contribution in [1.82, 2.24) is 5.32 Å². The fourth-order valence-corrected chi connectivity index (χ4v) is 2.60. The van der Waals surface area contributed by atoms with Crippen molar-refractivity contribution in [2.75, 3.05) is 6.61 Å². The van der Waals surface area contributed by atoms with E-state index >= 15 is 0 Å². The van der Waals surface area contributed by atoms with E-state index in [0.29, 0.717) is 0 Å². The van der Waals surface area contributed by atoms with Crippen molar-refractivity contribution in [3.8, 4) is 5.75 Å². The molecule has 1 aromatic heterocycles. The summed E-state index contributed by atoms with van der Waals surface area (Å²) in [6, 6.07) is 8.13. The smallest absolute Gasteiger partial charge is 0.244 e. The fraction of sp³-hybridized carbons (Fsp3) is 0.278. The number of hydrogen-bond donors (Lipinski definition) is 1. The van der Waals surface area contributed by atoms with Crippen LogP contribution >= 0.6 is 0 Å². The first kappa shape index (κ1) is 14.4. The maximum absolute atomic E-state index is 11.9. The Morgan fingerprint density at radius 3 is 3.14 bits per heavy atom. The molecule has 1 N–H and O–H groups in total. The first-order valence-electron chi connectivity index (χ1n) is 7.46. The minimum atomic E-state index is -0.0989. The SMILES string of the molecule is CC(Cc1ccc2c(c1)CCO2)NC(=O)/C=C/c1ccoc1. The average Bonchev–Trinajstić information content (AvgIpc) is 3.15. The molecule has 1 unspecified atom stereocenters. The lowest BCUT2D eigenvalue weighted by atomic mass is 10.0. The maximum atomic E-state index is 11.9. The second kappa shape index (κ2) is 6.52. The summed E-state index contributed by atoms with van der Waals surface area (Å²) in [6.45, 7) is 2.77. The molecule has 1 atom stereocenters. The summed E-state index contributed by atoms with van der Waals surface area (Å²) in [5.74, 6) is 0.890. The quantitative estimate of drug-likeness (QED) is 0.863. The Balaban J connectivity index is 1.53. The lowest BCUT2D eigenvalue weighted by Crippen LogP contribution is -2.32. The molecule has 2 aromatic rings. The van der Waals surface area contributed by atoms with Crippen LogP contribution in [0.15, 0.2) is 47.3 Å². The monoisotopic (exact) mass is 297 g/mol. The molecule has 0 aliphatic carbocycles. The van der Waals surface area contributed by atoms with Gasteiger partial charge in [0.2, 0.25) is 5.91 Å². The minimum Gasteiger partial charge on any atom is -0.493 e. The Morgan fingerprint density at radius 1 is 1.41 bits per heavy atom. The van der Waals surface area contributed by atoms with Crippen LogP contribution in [0.3, 0.4) is 0 Å². The van der Waals surface area contributed by atoms with Gasteiger partial charge in [0.25, 0.3) is 0 Å². The summed E-state index contributed by atoms with van der Waals surface area (Å²) in [6.07, 6.45) is 8.21. The molecule has 0 spiro atoms. The number of hydrogen-bond acceptors (Lipinski definition) is 3. The zero-order chi connectivity index (χ0) is 15.4. The molecule has 0 radical (unpaired) electrons. The van der Waals surface area contributed by atoms with Gasteiger partial charge < -0.3 is 14.5 Å². The summed E-state index contributed by atoms with van der Waals surface area (Å²) in [5.41, 5.74) is 3.35. The van der Waals surface area contributed by atoms with E-state index in [1.165, 1.54) is 17.2 Å². The predicted octanol–water partition coefficient (Wildman–Crippen LogP) is 2.98. The van der Waals surface area contributed by atoms with E-state index in [4.69, 9.17) is 9.15 Å². The highest BCUT2D eigenvalue weighted by atomic mass is 16.5. The first-order chi connectivity index (χ1) is 10.7. The third kappa shape index (κ3) is 3.58.